The van der Waals surface area contributed by atoms with E-state index >= 15 is 0 Å². The summed E-state index contributed by atoms with van der Waals surface area (Å²) in [6.07, 6.45) is 0. The lowest BCUT2D eigenvalue weighted by Crippen LogP contribution is -1.95. The molecule has 0 fully saturated rings. The van der Waals surface area contributed by atoms with Crippen molar-refractivity contribution in [1.29, 1.82) is 0 Å². The number of hydrogen-bond acceptors (Lipinski definition) is 0. The van der Waals surface area contributed by atoms with Crippen molar-refractivity contribution in [2.45, 2.75) is 20.8 Å². The smallest absolute Gasteiger partial charge is 0.0641 e. The number of benzene rings is 5. The Morgan fingerprint density at radius 2 is 1.00 bits per heavy atom. The minimum absolute atomic E-state index is 1.18. The van der Waals surface area contributed by atoms with Gasteiger partial charge in [-0.05, 0) is 49.4 Å². The molecule has 0 aliphatic rings. The second kappa shape index (κ2) is 8.48. The molecule has 7 rings (SSSR count). The van der Waals surface area contributed by atoms with Gasteiger partial charge in [0, 0.05) is 32.9 Å². The Morgan fingerprint density at radius 3 is 1.71 bits per heavy atom. The topological polar surface area (TPSA) is 9.86 Å². The fraction of sp³-hybridized carbons (Fsp3) is 0.0909. The summed E-state index contributed by atoms with van der Waals surface area (Å²) in [5.74, 6) is 0. The van der Waals surface area contributed by atoms with E-state index in [1.807, 2.05) is 13.8 Å². The molecule has 0 radical (unpaired) electrons. The summed E-state index contributed by atoms with van der Waals surface area (Å²) in [5, 5.41) is 5.14. The Balaban J connectivity index is 0.00000112. The Bertz CT molecular complexity index is 1800. The largest absolute Gasteiger partial charge is 0.309 e. The summed E-state index contributed by atoms with van der Waals surface area (Å²) < 4.78 is 4.83. The van der Waals surface area contributed by atoms with Gasteiger partial charge >= 0.3 is 0 Å². The van der Waals surface area contributed by atoms with Crippen molar-refractivity contribution in [1.82, 2.24) is 9.13 Å². The van der Waals surface area contributed by atoms with E-state index in [9.17, 15) is 0 Å². The minimum atomic E-state index is 1.18. The van der Waals surface area contributed by atoms with Gasteiger partial charge in [0.15, 0.2) is 0 Å². The maximum atomic E-state index is 2.43. The van der Waals surface area contributed by atoms with Crippen LogP contribution in [0.5, 0.6) is 0 Å². The van der Waals surface area contributed by atoms with Crippen LogP contribution in [0, 0.1) is 6.92 Å². The zero-order valence-electron chi connectivity index (χ0n) is 20.4. The van der Waals surface area contributed by atoms with Crippen LogP contribution in [0.2, 0.25) is 0 Å². The molecule has 0 amide bonds. The maximum Gasteiger partial charge on any atom is 0.0641 e. The van der Waals surface area contributed by atoms with Crippen LogP contribution < -0.4 is 0 Å². The molecule has 2 nitrogen and oxygen atoms in total. The zero-order valence-corrected chi connectivity index (χ0v) is 20.4. The van der Waals surface area contributed by atoms with E-state index in [1.54, 1.807) is 0 Å². The van der Waals surface area contributed by atoms with Gasteiger partial charge in [-0.25, -0.2) is 0 Å². The predicted octanol–water partition coefficient (Wildman–Crippen LogP) is 9.22. The van der Waals surface area contributed by atoms with Crippen molar-refractivity contribution < 1.29 is 0 Å². The van der Waals surface area contributed by atoms with E-state index in [2.05, 4.69) is 131 Å². The highest BCUT2D eigenvalue weighted by Gasteiger charge is 2.20. The first-order valence-corrected chi connectivity index (χ1v) is 12.4. The van der Waals surface area contributed by atoms with Crippen LogP contribution in [0.4, 0.5) is 0 Å². The first kappa shape index (κ1) is 21.2. The first-order valence-electron chi connectivity index (χ1n) is 12.4. The fourth-order valence-electron chi connectivity index (χ4n) is 5.33. The zero-order chi connectivity index (χ0) is 23.9. The van der Waals surface area contributed by atoms with Gasteiger partial charge in [-0.15, -0.1) is 0 Å². The van der Waals surface area contributed by atoms with Gasteiger partial charge in [0.2, 0.25) is 0 Å². The van der Waals surface area contributed by atoms with Crippen LogP contribution in [-0.2, 0) is 0 Å². The third-order valence-corrected chi connectivity index (χ3v) is 6.78. The van der Waals surface area contributed by atoms with Gasteiger partial charge in [-0.1, -0.05) is 92.2 Å². The van der Waals surface area contributed by atoms with E-state index in [0.717, 1.165) is 0 Å². The van der Waals surface area contributed by atoms with Gasteiger partial charge in [0.05, 0.1) is 22.1 Å². The third-order valence-electron chi connectivity index (χ3n) is 6.78. The van der Waals surface area contributed by atoms with Gasteiger partial charge < -0.3 is 9.13 Å². The molecule has 0 unspecified atom stereocenters. The molecule has 0 saturated carbocycles. The molecule has 0 bridgehead atoms. The van der Waals surface area contributed by atoms with E-state index in [1.165, 1.54) is 60.5 Å². The van der Waals surface area contributed by atoms with Crippen LogP contribution in [0.1, 0.15) is 19.4 Å². The molecule has 7 aromatic rings. The molecule has 0 aliphatic carbocycles. The highest BCUT2D eigenvalue weighted by atomic mass is 15.0. The minimum Gasteiger partial charge on any atom is -0.309 e. The van der Waals surface area contributed by atoms with Crippen LogP contribution in [0.3, 0.4) is 0 Å². The molecule has 2 aromatic heterocycles. The van der Waals surface area contributed by atoms with Crippen LogP contribution in [0.25, 0.3) is 55.0 Å². The SMILES string of the molecule is CC.Cc1ccc(-n2c3ccccc3c3c2ccc2c4ccccc4n(-c4ccccc4)c23)cc1. The van der Waals surface area contributed by atoms with Gasteiger partial charge in [0.1, 0.15) is 0 Å². The maximum absolute atomic E-state index is 2.43. The van der Waals surface area contributed by atoms with E-state index in [4.69, 9.17) is 0 Å². The van der Waals surface area contributed by atoms with Crippen LogP contribution in [-0.4, -0.2) is 9.13 Å². The van der Waals surface area contributed by atoms with Gasteiger partial charge in [-0.2, -0.15) is 0 Å². The summed E-state index contributed by atoms with van der Waals surface area (Å²) in [7, 11) is 0. The van der Waals surface area contributed by atoms with Crippen molar-refractivity contribution in [2.75, 3.05) is 0 Å². The molecular formula is C33H28N2. The Morgan fingerprint density at radius 1 is 0.429 bits per heavy atom. The Labute approximate surface area is 205 Å². The highest BCUT2D eigenvalue weighted by Crippen LogP contribution is 2.41. The number of aromatic nitrogens is 2. The predicted molar refractivity (Wildman–Crippen MR) is 151 cm³/mol. The van der Waals surface area contributed by atoms with Crippen molar-refractivity contribution in [3.63, 3.8) is 0 Å². The van der Waals surface area contributed by atoms with E-state index in [-0.39, 0.29) is 0 Å². The number of para-hydroxylation sites is 3. The van der Waals surface area contributed by atoms with Gasteiger partial charge in [0.25, 0.3) is 0 Å². The molecule has 5 aromatic carbocycles. The molecular weight excluding hydrogens is 424 g/mol. The lowest BCUT2D eigenvalue weighted by molar-refractivity contribution is 1.17. The molecule has 0 atom stereocenters. The monoisotopic (exact) mass is 452 g/mol. The van der Waals surface area contributed by atoms with Gasteiger partial charge in [-0.3, -0.25) is 0 Å². The normalized spacial score (nSPS) is 11.3. The van der Waals surface area contributed by atoms with E-state index < -0.39 is 0 Å². The molecule has 2 heteroatoms. The summed E-state index contributed by atoms with van der Waals surface area (Å²) in [4.78, 5) is 0. The van der Waals surface area contributed by atoms with Crippen molar-refractivity contribution in [3.05, 3.63) is 121 Å². The molecule has 170 valence electrons. The lowest BCUT2D eigenvalue weighted by atomic mass is 10.1. The molecule has 0 N–H and O–H groups in total. The fourth-order valence-corrected chi connectivity index (χ4v) is 5.33. The molecule has 0 saturated heterocycles. The number of rotatable bonds is 2. The number of aryl methyl sites for hydroxylation is 1. The molecule has 0 aliphatic heterocycles. The second-order valence-corrected chi connectivity index (χ2v) is 8.73. The summed E-state index contributed by atoms with van der Waals surface area (Å²) in [5.41, 5.74) is 8.60. The first-order chi connectivity index (χ1) is 17.3. The summed E-state index contributed by atoms with van der Waals surface area (Å²) >= 11 is 0. The van der Waals surface area contributed by atoms with E-state index in [0.29, 0.717) is 0 Å². The molecule has 0 spiro atoms. The Kier molecular flexibility index (Phi) is 5.15. The number of fused-ring (bicyclic) bond motifs is 7. The van der Waals surface area contributed by atoms with Crippen LogP contribution >= 0.6 is 0 Å². The standard InChI is InChI=1S/C31H22N2.C2H6/c1-21-15-17-23(18-16-21)32-28-14-8-6-12-26(28)30-29(32)20-19-25-24-11-5-7-13-27(24)33(31(25)30)22-9-3-2-4-10-22;1-2/h2-20H,1H3;1-2H3. The van der Waals surface area contributed by atoms with Crippen molar-refractivity contribution in [2.24, 2.45) is 0 Å². The molecule has 35 heavy (non-hydrogen) atoms. The van der Waals surface area contributed by atoms with Crippen molar-refractivity contribution >= 4 is 43.6 Å². The average Bonchev–Trinajstić information content (AvgIpc) is 3.44. The lowest BCUT2D eigenvalue weighted by Gasteiger charge is -2.10. The number of hydrogen-bond donors (Lipinski definition) is 0. The van der Waals surface area contributed by atoms with Crippen LogP contribution in [0.15, 0.2) is 115 Å². The quantitative estimate of drug-likeness (QED) is 0.247. The summed E-state index contributed by atoms with van der Waals surface area (Å²) in [6.45, 7) is 6.14. The second-order valence-electron chi connectivity index (χ2n) is 8.73. The Hall–Kier alpha value is -4.30. The summed E-state index contributed by atoms with van der Waals surface area (Å²) in [6, 6.07) is 41.6. The average molecular weight is 453 g/mol. The number of nitrogens with zero attached hydrogens (tertiary/aromatic N) is 2. The third kappa shape index (κ3) is 3.18. The molecule has 2 heterocycles. The highest BCUT2D eigenvalue weighted by molar-refractivity contribution is 6.26. The van der Waals surface area contributed by atoms with Crippen molar-refractivity contribution in [3.8, 4) is 11.4 Å².